The van der Waals surface area contributed by atoms with E-state index in [9.17, 15) is 0 Å². The Morgan fingerprint density at radius 2 is 2.42 bits per heavy atom. The van der Waals surface area contributed by atoms with Gasteiger partial charge < -0.3 is 9.47 Å². The minimum Gasteiger partial charge on any atom is -0.352 e. The van der Waals surface area contributed by atoms with Gasteiger partial charge in [-0.15, -0.1) is 0 Å². The molecule has 0 aromatic rings. The van der Waals surface area contributed by atoms with Crippen LogP contribution in [0.25, 0.3) is 0 Å². The summed E-state index contributed by atoms with van der Waals surface area (Å²) in [5, 5.41) is 0. The molecule has 0 aromatic heterocycles. The second-order valence-corrected chi connectivity index (χ2v) is 4.00. The van der Waals surface area contributed by atoms with Crippen molar-refractivity contribution in [2.75, 3.05) is 6.61 Å². The van der Waals surface area contributed by atoms with Crippen molar-refractivity contribution in [2.24, 2.45) is 5.92 Å². The first-order chi connectivity index (χ1) is 5.83. The van der Waals surface area contributed by atoms with Crippen LogP contribution in [0, 0.1) is 5.92 Å². The standard InChI is InChI=1S/C9H13IO2/c1-6-8(5-10)7-3-2-4-11-9(7)12-6/h5-7,9H,2-4H2,1H3/b8-5-/t6-,7-,9+/m1/s1. The van der Waals surface area contributed by atoms with Gasteiger partial charge in [-0.2, -0.15) is 0 Å². The second kappa shape index (κ2) is 3.64. The first-order valence-corrected chi connectivity index (χ1v) is 5.64. The predicted molar refractivity (Wildman–Crippen MR) is 55.1 cm³/mol. The molecule has 2 nitrogen and oxygen atoms in total. The van der Waals surface area contributed by atoms with E-state index in [1.807, 2.05) is 0 Å². The highest BCUT2D eigenvalue weighted by Gasteiger charge is 2.39. The molecule has 2 fully saturated rings. The summed E-state index contributed by atoms with van der Waals surface area (Å²) in [6, 6.07) is 0. The van der Waals surface area contributed by atoms with Gasteiger partial charge in [0.05, 0.1) is 6.10 Å². The van der Waals surface area contributed by atoms with E-state index in [0.29, 0.717) is 5.92 Å². The number of halogens is 1. The van der Waals surface area contributed by atoms with Crippen molar-refractivity contribution in [1.29, 1.82) is 0 Å². The number of ether oxygens (including phenoxy) is 2. The molecule has 0 aliphatic carbocycles. The molecule has 0 spiro atoms. The van der Waals surface area contributed by atoms with Crippen molar-refractivity contribution in [3.8, 4) is 0 Å². The maximum Gasteiger partial charge on any atom is 0.164 e. The van der Waals surface area contributed by atoms with Gasteiger partial charge in [-0.1, -0.05) is 22.6 Å². The van der Waals surface area contributed by atoms with Crippen molar-refractivity contribution < 1.29 is 9.47 Å². The van der Waals surface area contributed by atoms with E-state index >= 15 is 0 Å². The smallest absolute Gasteiger partial charge is 0.164 e. The van der Waals surface area contributed by atoms with Gasteiger partial charge in [0, 0.05) is 12.5 Å². The highest BCUT2D eigenvalue weighted by atomic mass is 127. The lowest BCUT2D eigenvalue weighted by Gasteiger charge is -2.24. The molecule has 0 amide bonds. The normalized spacial score (nSPS) is 44.8. The average Bonchev–Trinajstić information content (AvgIpc) is 2.40. The number of rotatable bonds is 0. The van der Waals surface area contributed by atoms with E-state index in [0.717, 1.165) is 6.61 Å². The fourth-order valence-corrected chi connectivity index (χ4v) is 2.93. The molecule has 0 radical (unpaired) electrons. The van der Waals surface area contributed by atoms with Crippen LogP contribution in [0.4, 0.5) is 0 Å². The van der Waals surface area contributed by atoms with Gasteiger partial charge in [0.25, 0.3) is 0 Å². The van der Waals surface area contributed by atoms with Gasteiger partial charge in [0.15, 0.2) is 6.29 Å². The third kappa shape index (κ3) is 1.42. The zero-order valence-corrected chi connectivity index (χ0v) is 9.28. The van der Waals surface area contributed by atoms with Gasteiger partial charge in [0.1, 0.15) is 0 Å². The van der Waals surface area contributed by atoms with E-state index in [1.165, 1.54) is 18.4 Å². The minimum absolute atomic E-state index is 0.0507. The summed E-state index contributed by atoms with van der Waals surface area (Å²) in [6.45, 7) is 2.97. The van der Waals surface area contributed by atoms with Crippen molar-refractivity contribution in [1.82, 2.24) is 0 Å². The Hall–Kier alpha value is 0.390. The van der Waals surface area contributed by atoms with Crippen LogP contribution in [-0.2, 0) is 9.47 Å². The fraction of sp³-hybridized carbons (Fsp3) is 0.778. The highest BCUT2D eigenvalue weighted by Crippen LogP contribution is 2.38. The molecule has 0 N–H and O–H groups in total. The quantitative estimate of drug-likeness (QED) is 0.635. The summed E-state index contributed by atoms with van der Waals surface area (Å²) in [5.41, 5.74) is 1.42. The molecule has 2 aliphatic rings. The predicted octanol–water partition coefficient (Wildman–Crippen LogP) is 2.48. The lowest BCUT2D eigenvalue weighted by Crippen LogP contribution is -2.26. The molecule has 2 rings (SSSR count). The van der Waals surface area contributed by atoms with Crippen LogP contribution in [-0.4, -0.2) is 19.0 Å². The Morgan fingerprint density at radius 1 is 1.58 bits per heavy atom. The molecule has 3 atom stereocenters. The summed E-state index contributed by atoms with van der Waals surface area (Å²) in [5.74, 6) is 0.533. The van der Waals surface area contributed by atoms with E-state index < -0.39 is 0 Å². The molecule has 12 heavy (non-hydrogen) atoms. The summed E-state index contributed by atoms with van der Waals surface area (Å²) in [7, 11) is 0. The first kappa shape index (κ1) is 8.97. The van der Waals surface area contributed by atoms with Crippen LogP contribution in [0.2, 0.25) is 0 Å². The Kier molecular flexibility index (Phi) is 2.72. The van der Waals surface area contributed by atoms with Crippen molar-refractivity contribution in [3.05, 3.63) is 9.66 Å². The first-order valence-electron chi connectivity index (χ1n) is 4.40. The van der Waals surface area contributed by atoms with Gasteiger partial charge in [-0.25, -0.2) is 0 Å². The molecule has 3 heteroatoms. The Bertz CT molecular complexity index is 203. The Morgan fingerprint density at radius 3 is 3.17 bits per heavy atom. The lowest BCUT2D eigenvalue weighted by atomic mass is 9.93. The molecule has 0 unspecified atom stereocenters. The molecule has 2 heterocycles. The molecule has 0 aromatic carbocycles. The Labute approximate surface area is 86.4 Å². The zero-order chi connectivity index (χ0) is 8.55. The monoisotopic (exact) mass is 280 g/mol. The number of hydrogen-bond donors (Lipinski definition) is 0. The third-order valence-electron chi connectivity index (χ3n) is 2.63. The van der Waals surface area contributed by atoms with E-state index in [1.54, 1.807) is 0 Å². The third-order valence-corrected chi connectivity index (χ3v) is 3.35. The van der Waals surface area contributed by atoms with Crippen molar-refractivity contribution >= 4 is 22.6 Å². The van der Waals surface area contributed by atoms with Crippen molar-refractivity contribution in [3.63, 3.8) is 0 Å². The van der Waals surface area contributed by atoms with E-state index in [2.05, 4.69) is 33.6 Å². The van der Waals surface area contributed by atoms with Crippen LogP contribution in [0.1, 0.15) is 19.8 Å². The zero-order valence-electron chi connectivity index (χ0n) is 7.13. The summed E-state index contributed by atoms with van der Waals surface area (Å²) in [6.07, 6.45) is 2.71. The summed E-state index contributed by atoms with van der Waals surface area (Å²) < 4.78 is 13.4. The second-order valence-electron chi connectivity index (χ2n) is 3.38. The largest absolute Gasteiger partial charge is 0.352 e. The topological polar surface area (TPSA) is 18.5 Å². The maximum atomic E-state index is 5.67. The molecular weight excluding hydrogens is 267 g/mol. The molecule has 2 saturated heterocycles. The molecule has 68 valence electrons. The SMILES string of the molecule is C[C@H]1O[C@@H]2OCCC[C@@H]2/C1=C\I. The number of fused-ring (bicyclic) bond motifs is 1. The highest BCUT2D eigenvalue weighted by molar-refractivity contribution is 14.1. The minimum atomic E-state index is 0.0507. The van der Waals surface area contributed by atoms with Crippen LogP contribution >= 0.6 is 22.6 Å². The van der Waals surface area contributed by atoms with Gasteiger partial charge in [0.2, 0.25) is 0 Å². The van der Waals surface area contributed by atoms with Crippen LogP contribution in [0.5, 0.6) is 0 Å². The van der Waals surface area contributed by atoms with Crippen LogP contribution in [0.15, 0.2) is 9.66 Å². The number of hydrogen-bond acceptors (Lipinski definition) is 2. The maximum absolute atomic E-state index is 5.67. The summed E-state index contributed by atoms with van der Waals surface area (Å²) in [4.78, 5) is 0. The van der Waals surface area contributed by atoms with Crippen molar-refractivity contribution in [2.45, 2.75) is 32.2 Å². The average molecular weight is 280 g/mol. The molecule has 0 bridgehead atoms. The lowest BCUT2D eigenvalue weighted by molar-refractivity contribution is -0.163. The van der Waals surface area contributed by atoms with Gasteiger partial charge in [-0.05, 0) is 29.4 Å². The molecular formula is C9H13IO2. The summed E-state index contributed by atoms with van der Waals surface area (Å²) >= 11 is 2.30. The molecule has 0 saturated carbocycles. The van der Waals surface area contributed by atoms with E-state index in [4.69, 9.17) is 9.47 Å². The molecule has 2 aliphatic heterocycles. The van der Waals surface area contributed by atoms with Gasteiger partial charge in [-0.3, -0.25) is 0 Å². The fourth-order valence-electron chi connectivity index (χ4n) is 1.96. The van der Waals surface area contributed by atoms with Crippen LogP contribution in [0.3, 0.4) is 0 Å². The Balaban J connectivity index is 2.16. The van der Waals surface area contributed by atoms with Gasteiger partial charge >= 0.3 is 0 Å². The van der Waals surface area contributed by atoms with Crippen LogP contribution < -0.4 is 0 Å². The van der Waals surface area contributed by atoms with E-state index in [-0.39, 0.29) is 12.4 Å².